The van der Waals surface area contributed by atoms with Gasteiger partial charge in [0.05, 0.1) is 0 Å². The fraction of sp³-hybridized carbons (Fsp3) is 0.167. The second-order valence-electron chi connectivity index (χ2n) is 5.30. The Labute approximate surface area is 157 Å². The van der Waals surface area contributed by atoms with E-state index in [-0.39, 0.29) is 0 Å². The third kappa shape index (κ3) is 4.39. The number of aromatic nitrogens is 2. The zero-order valence-corrected chi connectivity index (χ0v) is 16.3. The van der Waals surface area contributed by atoms with E-state index in [1.807, 2.05) is 67.8 Å². The van der Waals surface area contributed by atoms with Crippen LogP contribution in [-0.2, 0) is 13.2 Å². The normalized spacial score (nSPS) is 10.6. The van der Waals surface area contributed by atoms with Crippen molar-refractivity contribution in [2.75, 3.05) is 0 Å². The zero-order chi connectivity index (χ0) is 16.9. The van der Waals surface area contributed by atoms with Crippen LogP contribution in [0.25, 0.3) is 0 Å². The maximum Gasteiger partial charge on any atom is 0.332 e. The van der Waals surface area contributed by atoms with Crippen molar-refractivity contribution in [3.05, 3.63) is 86.8 Å². The third-order valence-electron chi connectivity index (χ3n) is 3.54. The molecule has 0 N–H and O–H groups in total. The lowest BCUT2D eigenvalue weighted by Crippen LogP contribution is -2.44. The van der Waals surface area contributed by atoms with Crippen LogP contribution >= 0.6 is 31.9 Å². The Morgan fingerprint density at radius 2 is 1.42 bits per heavy atom. The molecule has 6 heteroatoms. The monoisotopic (exact) mass is 451 g/mol. The van der Waals surface area contributed by atoms with Crippen molar-refractivity contribution in [2.45, 2.75) is 20.1 Å². The van der Waals surface area contributed by atoms with E-state index in [1.165, 1.54) is 0 Å². The van der Waals surface area contributed by atoms with Gasteiger partial charge >= 0.3 is 5.82 Å². The fourth-order valence-electron chi connectivity index (χ4n) is 2.16. The summed E-state index contributed by atoms with van der Waals surface area (Å²) in [5.41, 5.74) is 2.21. The molecule has 1 aromatic heterocycles. The van der Waals surface area contributed by atoms with Crippen LogP contribution in [-0.4, -0.2) is 4.73 Å². The van der Waals surface area contributed by atoms with Crippen LogP contribution in [0, 0.1) is 6.92 Å². The molecule has 0 amide bonds. The minimum Gasteiger partial charge on any atom is -0.331 e. The molecule has 1 heterocycles. The van der Waals surface area contributed by atoms with Gasteiger partial charge in [0.1, 0.15) is 0 Å². The van der Waals surface area contributed by atoms with Gasteiger partial charge in [0.25, 0.3) is 0 Å². The molecule has 0 bridgehead atoms. The topological polar surface area (TPSA) is 27.3 Å². The predicted octanol–water partition coefficient (Wildman–Crippen LogP) is 3.87. The van der Waals surface area contributed by atoms with Crippen LogP contribution < -0.4 is 14.4 Å². The highest BCUT2D eigenvalue weighted by Gasteiger charge is 2.15. The predicted molar refractivity (Wildman–Crippen MR) is 98.2 cm³/mol. The Bertz CT molecular complexity index is 732. The van der Waals surface area contributed by atoms with Gasteiger partial charge in [0, 0.05) is 15.9 Å². The summed E-state index contributed by atoms with van der Waals surface area (Å²) in [5, 5.41) is 0. The number of hydrogen-bond donors (Lipinski definition) is 0. The highest BCUT2D eigenvalue weighted by molar-refractivity contribution is 9.10. The molecule has 3 aromatic rings. The summed E-state index contributed by atoms with van der Waals surface area (Å²) in [5.74, 6) is 0.865. The first kappa shape index (κ1) is 17.0. The molecule has 0 aliphatic rings. The summed E-state index contributed by atoms with van der Waals surface area (Å²) in [6.07, 6.45) is 3.69. The minimum atomic E-state index is 0.496. The number of nitrogens with zero attached hydrogens (tertiary/aromatic N) is 2. The maximum atomic E-state index is 5.81. The van der Waals surface area contributed by atoms with Crippen molar-refractivity contribution in [1.82, 2.24) is 4.73 Å². The first-order valence-corrected chi connectivity index (χ1v) is 9.05. The van der Waals surface area contributed by atoms with Crippen LogP contribution in [0.3, 0.4) is 0 Å². The molecule has 0 saturated heterocycles. The highest BCUT2D eigenvalue weighted by atomic mass is 79.9. The molecule has 0 fully saturated rings. The summed E-state index contributed by atoms with van der Waals surface area (Å²) in [6.45, 7) is 2.94. The Morgan fingerprint density at radius 3 is 2.00 bits per heavy atom. The number of benzene rings is 2. The first-order chi connectivity index (χ1) is 11.6. The van der Waals surface area contributed by atoms with Crippen molar-refractivity contribution < 1.29 is 14.4 Å². The maximum absolute atomic E-state index is 5.81. The molecule has 124 valence electrons. The summed E-state index contributed by atoms with van der Waals surface area (Å²) < 4.78 is 5.54. The Hall–Kier alpha value is -1.79. The van der Waals surface area contributed by atoms with E-state index >= 15 is 0 Å². The molecule has 0 aliphatic carbocycles. The Kier molecular flexibility index (Phi) is 5.58. The molecule has 0 spiro atoms. The van der Waals surface area contributed by atoms with Crippen LogP contribution in [0.1, 0.15) is 17.0 Å². The smallest absolute Gasteiger partial charge is 0.331 e. The van der Waals surface area contributed by atoms with Gasteiger partial charge in [-0.25, -0.2) is 0 Å². The van der Waals surface area contributed by atoms with E-state index in [9.17, 15) is 0 Å². The SMILES string of the molecule is Cc1n(OCc2ccc(Br)cc2)cc[n+]1OCc1ccc(Br)cc1. The molecule has 0 radical (unpaired) electrons. The fourth-order valence-corrected chi connectivity index (χ4v) is 2.68. The molecule has 3 rings (SSSR count). The molecule has 24 heavy (non-hydrogen) atoms. The molecule has 0 atom stereocenters. The minimum absolute atomic E-state index is 0.496. The second kappa shape index (κ2) is 7.85. The van der Waals surface area contributed by atoms with E-state index in [1.54, 1.807) is 9.46 Å². The first-order valence-electron chi connectivity index (χ1n) is 7.47. The Balaban J connectivity index is 1.58. The average Bonchev–Trinajstić information content (AvgIpc) is 2.94. The quantitative estimate of drug-likeness (QED) is 0.531. The molecule has 0 saturated carbocycles. The molecule has 0 unspecified atom stereocenters. The van der Waals surface area contributed by atoms with E-state index in [0.717, 1.165) is 25.9 Å². The number of rotatable bonds is 6. The van der Waals surface area contributed by atoms with E-state index in [2.05, 4.69) is 31.9 Å². The van der Waals surface area contributed by atoms with Crippen molar-refractivity contribution in [3.8, 4) is 0 Å². The van der Waals surface area contributed by atoms with Gasteiger partial charge in [-0.3, -0.25) is 0 Å². The second-order valence-corrected chi connectivity index (χ2v) is 7.13. The molecular weight excluding hydrogens is 436 g/mol. The highest BCUT2D eigenvalue weighted by Crippen LogP contribution is 2.11. The number of hydrogen-bond acceptors (Lipinski definition) is 2. The van der Waals surface area contributed by atoms with Crippen molar-refractivity contribution in [2.24, 2.45) is 0 Å². The van der Waals surface area contributed by atoms with E-state index in [0.29, 0.717) is 13.2 Å². The number of imidazole rings is 1. The van der Waals surface area contributed by atoms with E-state index in [4.69, 9.17) is 9.68 Å². The van der Waals surface area contributed by atoms with Crippen LogP contribution in [0.2, 0.25) is 0 Å². The summed E-state index contributed by atoms with van der Waals surface area (Å²) in [4.78, 5) is 11.6. The van der Waals surface area contributed by atoms with Gasteiger partial charge in [0.2, 0.25) is 0 Å². The number of halogens is 2. The standard InChI is InChI=1S/C18H17Br2N2O2/c1-14-21(23-12-15-2-6-17(19)7-3-15)10-11-22(14)24-13-16-4-8-18(20)9-5-16/h2-11H,12-13H2,1H3/q+1. The van der Waals surface area contributed by atoms with Gasteiger partial charge < -0.3 is 9.68 Å². The molecule has 2 aromatic carbocycles. The average molecular weight is 453 g/mol. The largest absolute Gasteiger partial charge is 0.332 e. The van der Waals surface area contributed by atoms with Gasteiger partial charge in [-0.1, -0.05) is 56.1 Å². The van der Waals surface area contributed by atoms with E-state index < -0.39 is 0 Å². The van der Waals surface area contributed by atoms with Gasteiger partial charge in [0.15, 0.2) is 25.6 Å². The lowest BCUT2D eigenvalue weighted by Gasteiger charge is -2.04. The van der Waals surface area contributed by atoms with Gasteiger partial charge in [-0.15, -0.1) is 0 Å². The lowest BCUT2D eigenvalue weighted by atomic mass is 10.2. The van der Waals surface area contributed by atoms with Crippen molar-refractivity contribution >= 4 is 31.9 Å². The lowest BCUT2D eigenvalue weighted by molar-refractivity contribution is -0.899. The molecule has 4 nitrogen and oxygen atoms in total. The van der Waals surface area contributed by atoms with Gasteiger partial charge in [-0.2, -0.15) is 0 Å². The van der Waals surface area contributed by atoms with Crippen molar-refractivity contribution in [3.63, 3.8) is 0 Å². The summed E-state index contributed by atoms with van der Waals surface area (Å²) in [7, 11) is 0. The molecular formula is C18H17Br2N2O2+. The zero-order valence-electron chi connectivity index (χ0n) is 13.2. The van der Waals surface area contributed by atoms with Gasteiger partial charge in [-0.05, 0) is 44.9 Å². The summed E-state index contributed by atoms with van der Waals surface area (Å²) >= 11 is 6.86. The molecule has 0 aliphatic heterocycles. The van der Waals surface area contributed by atoms with Crippen LogP contribution in [0.5, 0.6) is 0 Å². The summed E-state index contributed by atoms with van der Waals surface area (Å²) in [6, 6.07) is 16.1. The third-order valence-corrected chi connectivity index (χ3v) is 4.60. The Morgan fingerprint density at radius 1 is 0.875 bits per heavy atom. The van der Waals surface area contributed by atoms with Crippen LogP contribution in [0.4, 0.5) is 0 Å². The van der Waals surface area contributed by atoms with Crippen LogP contribution in [0.15, 0.2) is 69.9 Å². The van der Waals surface area contributed by atoms with Crippen molar-refractivity contribution in [1.29, 1.82) is 0 Å².